The van der Waals surface area contributed by atoms with Crippen LogP contribution in [-0.4, -0.2) is 42.5 Å². The highest BCUT2D eigenvalue weighted by molar-refractivity contribution is 7.99. The van der Waals surface area contributed by atoms with Gasteiger partial charge in [-0.05, 0) is 12.8 Å². The number of unbranched alkanes of at least 4 members (excludes halogenated alkanes) is 1. The van der Waals surface area contributed by atoms with Gasteiger partial charge in [0, 0.05) is 20.1 Å². The quantitative estimate of drug-likeness (QED) is 0.540. The zero-order chi connectivity index (χ0) is 23.3. The van der Waals surface area contributed by atoms with Crippen molar-refractivity contribution in [1.29, 1.82) is 0 Å². The van der Waals surface area contributed by atoms with Crippen molar-refractivity contribution < 1.29 is 18.0 Å². The van der Waals surface area contributed by atoms with Crippen LogP contribution in [0.4, 0.5) is 24.7 Å². The molecule has 3 N–H and O–H groups in total. The number of H-pyrrole nitrogens is 1. The van der Waals surface area contributed by atoms with Gasteiger partial charge in [-0.15, -0.1) is 10.2 Å². The second-order valence-corrected chi connectivity index (χ2v) is 7.64. The number of halogens is 3. The SMILES string of the molecule is CCCCN(C(=O)CSc1nnc(C(F)(F)F)n1C)c1c(N)n(CCC)c(=O)[nH]c1=O. The van der Waals surface area contributed by atoms with Crippen LogP contribution in [0.3, 0.4) is 0 Å². The monoisotopic (exact) mass is 463 g/mol. The molecule has 0 saturated carbocycles. The third kappa shape index (κ3) is 5.48. The number of carbonyl (C=O) groups is 1. The van der Waals surface area contributed by atoms with Gasteiger partial charge in [0.15, 0.2) is 10.8 Å². The highest BCUT2D eigenvalue weighted by Gasteiger charge is 2.37. The van der Waals surface area contributed by atoms with Gasteiger partial charge in [0.05, 0.1) is 5.75 Å². The molecule has 0 aromatic carbocycles. The largest absolute Gasteiger partial charge is 0.451 e. The molecule has 0 saturated heterocycles. The van der Waals surface area contributed by atoms with Crippen molar-refractivity contribution >= 4 is 29.2 Å². The molecule has 2 heterocycles. The molecule has 0 aliphatic rings. The average Bonchev–Trinajstić information content (AvgIpc) is 3.06. The van der Waals surface area contributed by atoms with Gasteiger partial charge in [0.1, 0.15) is 5.82 Å². The van der Waals surface area contributed by atoms with Crippen molar-refractivity contribution in [2.75, 3.05) is 22.9 Å². The lowest BCUT2D eigenvalue weighted by molar-refractivity contribution is -0.147. The summed E-state index contributed by atoms with van der Waals surface area (Å²) < 4.78 is 40.6. The topological polar surface area (TPSA) is 132 Å². The Kier molecular flexibility index (Phi) is 7.92. The van der Waals surface area contributed by atoms with Gasteiger partial charge in [0.25, 0.3) is 5.56 Å². The van der Waals surface area contributed by atoms with Crippen LogP contribution in [0.15, 0.2) is 14.7 Å². The predicted octanol–water partition coefficient (Wildman–Crippen LogP) is 1.60. The lowest BCUT2D eigenvalue weighted by Crippen LogP contribution is -2.42. The fourth-order valence-corrected chi connectivity index (χ4v) is 3.64. The van der Waals surface area contributed by atoms with Crippen LogP contribution < -0.4 is 21.9 Å². The number of aromatic amines is 1. The van der Waals surface area contributed by atoms with Crippen LogP contribution in [0.25, 0.3) is 0 Å². The Bertz CT molecular complexity index is 1050. The van der Waals surface area contributed by atoms with Gasteiger partial charge in [-0.1, -0.05) is 32.0 Å². The second kappa shape index (κ2) is 10.0. The molecule has 14 heteroatoms. The number of nitrogen functional groups attached to an aromatic ring is 1. The summed E-state index contributed by atoms with van der Waals surface area (Å²) in [5.74, 6) is -2.19. The normalized spacial score (nSPS) is 11.7. The minimum atomic E-state index is -4.67. The molecule has 0 aliphatic carbocycles. The van der Waals surface area contributed by atoms with Crippen molar-refractivity contribution in [2.45, 2.75) is 51.0 Å². The van der Waals surface area contributed by atoms with E-state index in [1.807, 2.05) is 13.8 Å². The fourth-order valence-electron chi connectivity index (χ4n) is 2.85. The van der Waals surface area contributed by atoms with E-state index in [-0.39, 0.29) is 35.5 Å². The lowest BCUT2D eigenvalue weighted by atomic mass is 10.2. The average molecular weight is 463 g/mol. The van der Waals surface area contributed by atoms with Crippen molar-refractivity contribution in [3.8, 4) is 0 Å². The van der Waals surface area contributed by atoms with Gasteiger partial charge in [-0.25, -0.2) is 4.79 Å². The maximum Gasteiger partial charge on any atom is 0.451 e. The first kappa shape index (κ1) is 24.5. The number of amides is 1. The number of hydrogen-bond donors (Lipinski definition) is 2. The number of carbonyl (C=O) groups excluding carboxylic acids is 1. The van der Waals surface area contributed by atoms with E-state index in [0.29, 0.717) is 19.3 Å². The minimum absolute atomic E-state index is 0.103. The van der Waals surface area contributed by atoms with Crippen LogP contribution in [0.1, 0.15) is 38.9 Å². The van der Waals surface area contributed by atoms with E-state index >= 15 is 0 Å². The van der Waals surface area contributed by atoms with Crippen LogP contribution in [0.5, 0.6) is 0 Å². The van der Waals surface area contributed by atoms with E-state index in [1.165, 1.54) is 4.57 Å². The number of nitrogens with one attached hydrogen (secondary N) is 1. The number of nitrogens with zero attached hydrogens (tertiary/aromatic N) is 5. The molecular weight excluding hydrogens is 439 g/mol. The van der Waals surface area contributed by atoms with Gasteiger partial charge < -0.3 is 15.2 Å². The molecule has 10 nitrogen and oxygen atoms in total. The molecule has 2 aromatic rings. The molecular formula is C17H24F3N7O3S. The molecule has 0 atom stereocenters. The molecule has 2 aromatic heterocycles. The van der Waals surface area contributed by atoms with E-state index in [9.17, 15) is 27.6 Å². The maximum atomic E-state index is 12.9. The first-order chi connectivity index (χ1) is 14.5. The number of rotatable bonds is 9. The van der Waals surface area contributed by atoms with E-state index in [0.717, 1.165) is 28.3 Å². The van der Waals surface area contributed by atoms with Gasteiger partial charge in [-0.2, -0.15) is 13.2 Å². The first-order valence-corrected chi connectivity index (χ1v) is 10.5. The van der Waals surface area contributed by atoms with Crippen LogP contribution in [0, 0.1) is 0 Å². The third-order valence-electron chi connectivity index (χ3n) is 4.38. The number of hydrogen-bond acceptors (Lipinski definition) is 7. The fraction of sp³-hybridized carbons (Fsp3) is 0.588. The predicted molar refractivity (Wildman–Crippen MR) is 110 cm³/mol. The smallest absolute Gasteiger partial charge is 0.383 e. The lowest BCUT2D eigenvalue weighted by Gasteiger charge is -2.24. The number of anilines is 2. The maximum absolute atomic E-state index is 12.9. The molecule has 0 bridgehead atoms. The van der Waals surface area contributed by atoms with E-state index in [1.54, 1.807) is 0 Å². The minimum Gasteiger partial charge on any atom is -0.383 e. The molecule has 31 heavy (non-hydrogen) atoms. The standard InChI is InChI=1S/C17H24F3N7O3S/c1-4-6-8-26(11-12(21)27(7-5-2)15(30)22-13(11)29)10(28)9-31-16-24-23-14(25(16)3)17(18,19)20/h4-9,21H2,1-3H3,(H,22,29,30). The highest BCUT2D eigenvalue weighted by atomic mass is 32.2. The summed E-state index contributed by atoms with van der Waals surface area (Å²) in [6, 6.07) is 0. The summed E-state index contributed by atoms with van der Waals surface area (Å²) in [5.41, 5.74) is 4.42. The van der Waals surface area contributed by atoms with Crippen molar-refractivity contribution in [3.05, 3.63) is 26.7 Å². The summed E-state index contributed by atoms with van der Waals surface area (Å²) in [6.45, 7) is 4.11. The molecule has 1 amide bonds. The molecule has 0 unspecified atom stereocenters. The molecule has 0 fully saturated rings. The summed E-state index contributed by atoms with van der Waals surface area (Å²) >= 11 is 0.754. The van der Waals surface area contributed by atoms with Crippen LogP contribution in [-0.2, 0) is 24.6 Å². The second-order valence-electron chi connectivity index (χ2n) is 6.70. The van der Waals surface area contributed by atoms with Gasteiger partial charge in [0.2, 0.25) is 11.7 Å². The van der Waals surface area contributed by atoms with Crippen molar-refractivity contribution in [2.24, 2.45) is 7.05 Å². The zero-order valence-corrected chi connectivity index (χ0v) is 18.1. The Hall–Kier alpha value is -2.77. The Balaban J connectivity index is 2.35. The van der Waals surface area contributed by atoms with E-state index < -0.39 is 29.2 Å². The molecule has 0 radical (unpaired) electrons. The number of nitrogens with two attached hydrogens (primary N) is 1. The molecule has 2 rings (SSSR count). The van der Waals surface area contributed by atoms with E-state index in [4.69, 9.17) is 5.73 Å². The Morgan fingerprint density at radius 3 is 2.45 bits per heavy atom. The summed E-state index contributed by atoms with van der Waals surface area (Å²) in [7, 11) is 1.15. The van der Waals surface area contributed by atoms with Crippen molar-refractivity contribution in [1.82, 2.24) is 24.3 Å². The third-order valence-corrected chi connectivity index (χ3v) is 5.39. The zero-order valence-electron chi connectivity index (χ0n) is 17.3. The number of aromatic nitrogens is 5. The molecule has 172 valence electrons. The first-order valence-electron chi connectivity index (χ1n) is 9.55. The number of alkyl halides is 3. The van der Waals surface area contributed by atoms with Gasteiger partial charge in [-0.3, -0.25) is 19.1 Å². The van der Waals surface area contributed by atoms with Crippen LogP contribution in [0.2, 0.25) is 0 Å². The summed E-state index contributed by atoms with van der Waals surface area (Å²) in [5, 5.41) is 6.49. The Morgan fingerprint density at radius 2 is 1.90 bits per heavy atom. The van der Waals surface area contributed by atoms with Gasteiger partial charge >= 0.3 is 11.9 Å². The number of thioether (sulfide) groups is 1. The molecule has 0 aliphatic heterocycles. The van der Waals surface area contributed by atoms with Crippen molar-refractivity contribution in [3.63, 3.8) is 0 Å². The Morgan fingerprint density at radius 1 is 1.23 bits per heavy atom. The summed E-state index contributed by atoms with van der Waals surface area (Å²) in [4.78, 5) is 40.8. The Labute approximate surface area is 179 Å². The van der Waals surface area contributed by atoms with Crippen LogP contribution >= 0.6 is 11.8 Å². The highest BCUT2D eigenvalue weighted by Crippen LogP contribution is 2.30. The summed E-state index contributed by atoms with van der Waals surface area (Å²) in [6.07, 6.45) is -2.85. The van der Waals surface area contributed by atoms with E-state index in [2.05, 4.69) is 15.2 Å². The molecule has 0 spiro atoms.